The molecule has 2 aromatic rings. The van der Waals surface area contributed by atoms with E-state index in [1.54, 1.807) is 6.92 Å². The second-order valence-corrected chi connectivity index (χ2v) is 4.45. The van der Waals surface area contributed by atoms with Gasteiger partial charge in [0.1, 0.15) is 0 Å². The summed E-state index contributed by atoms with van der Waals surface area (Å²) in [5.41, 5.74) is 3.09. The fourth-order valence-electron chi connectivity index (χ4n) is 1.86. The van der Waals surface area contributed by atoms with E-state index < -0.39 is 6.10 Å². The van der Waals surface area contributed by atoms with Crippen molar-refractivity contribution in [3.05, 3.63) is 33.9 Å². The third-order valence-electron chi connectivity index (χ3n) is 2.42. The number of aromatic amines is 1. The summed E-state index contributed by atoms with van der Waals surface area (Å²) in [6.45, 7) is 3.77. The van der Waals surface area contributed by atoms with E-state index in [4.69, 9.17) is 0 Å². The van der Waals surface area contributed by atoms with Crippen molar-refractivity contribution in [3.8, 4) is 0 Å². The first-order valence-corrected chi connectivity index (χ1v) is 5.34. The van der Waals surface area contributed by atoms with Gasteiger partial charge in [0.05, 0.1) is 6.10 Å². The number of halogens is 1. The van der Waals surface area contributed by atoms with Gasteiger partial charge in [-0.1, -0.05) is 15.9 Å². The highest BCUT2D eigenvalue weighted by atomic mass is 79.9. The molecule has 74 valence electrons. The van der Waals surface area contributed by atoms with Crippen LogP contribution in [0.2, 0.25) is 0 Å². The number of hydrogen-bond donors (Lipinski definition) is 2. The largest absolute Gasteiger partial charge is 0.389 e. The van der Waals surface area contributed by atoms with Gasteiger partial charge in [-0.2, -0.15) is 0 Å². The molecule has 0 saturated heterocycles. The van der Waals surface area contributed by atoms with E-state index in [0.717, 1.165) is 26.6 Å². The standard InChI is InChI=1S/C11H12BrNO/c1-6-11(7(2)14)9-5-8(12)3-4-10(9)13-6/h3-5,7,13-14H,1-2H3. The van der Waals surface area contributed by atoms with Crippen LogP contribution in [0.3, 0.4) is 0 Å². The van der Waals surface area contributed by atoms with Crippen molar-refractivity contribution < 1.29 is 5.11 Å². The van der Waals surface area contributed by atoms with E-state index in [0.29, 0.717) is 0 Å². The summed E-state index contributed by atoms with van der Waals surface area (Å²) < 4.78 is 1.03. The molecule has 2 nitrogen and oxygen atoms in total. The molecule has 1 unspecified atom stereocenters. The smallest absolute Gasteiger partial charge is 0.0785 e. The van der Waals surface area contributed by atoms with Crippen LogP contribution in [0.4, 0.5) is 0 Å². The number of aliphatic hydroxyl groups excluding tert-OH is 1. The summed E-state index contributed by atoms with van der Waals surface area (Å²) in [6.07, 6.45) is -0.432. The quantitative estimate of drug-likeness (QED) is 0.804. The maximum Gasteiger partial charge on any atom is 0.0785 e. The van der Waals surface area contributed by atoms with Gasteiger partial charge in [0.15, 0.2) is 0 Å². The lowest BCUT2D eigenvalue weighted by atomic mass is 10.1. The van der Waals surface area contributed by atoms with Crippen LogP contribution < -0.4 is 0 Å². The fourth-order valence-corrected chi connectivity index (χ4v) is 2.22. The van der Waals surface area contributed by atoms with Gasteiger partial charge in [-0.3, -0.25) is 0 Å². The number of rotatable bonds is 1. The number of aliphatic hydroxyl groups is 1. The lowest BCUT2D eigenvalue weighted by Gasteiger charge is -2.03. The number of aryl methyl sites for hydroxylation is 1. The normalized spacial score (nSPS) is 13.4. The molecule has 0 aliphatic heterocycles. The number of hydrogen-bond acceptors (Lipinski definition) is 1. The van der Waals surface area contributed by atoms with Gasteiger partial charge >= 0.3 is 0 Å². The van der Waals surface area contributed by atoms with Crippen molar-refractivity contribution in [1.82, 2.24) is 4.98 Å². The van der Waals surface area contributed by atoms with E-state index >= 15 is 0 Å². The SMILES string of the molecule is Cc1[nH]c2ccc(Br)cc2c1C(C)O. The molecule has 14 heavy (non-hydrogen) atoms. The lowest BCUT2D eigenvalue weighted by molar-refractivity contribution is 0.200. The van der Waals surface area contributed by atoms with Crippen molar-refractivity contribution in [2.24, 2.45) is 0 Å². The van der Waals surface area contributed by atoms with Crippen molar-refractivity contribution >= 4 is 26.8 Å². The van der Waals surface area contributed by atoms with Crippen LogP contribution in [0.25, 0.3) is 10.9 Å². The summed E-state index contributed by atoms with van der Waals surface area (Å²) in [5.74, 6) is 0. The highest BCUT2D eigenvalue weighted by molar-refractivity contribution is 9.10. The molecule has 0 saturated carbocycles. The van der Waals surface area contributed by atoms with Crippen molar-refractivity contribution in [2.45, 2.75) is 20.0 Å². The molecule has 0 bridgehead atoms. The summed E-state index contributed by atoms with van der Waals surface area (Å²) >= 11 is 3.43. The Labute approximate surface area is 91.1 Å². The first-order chi connectivity index (χ1) is 6.59. The summed E-state index contributed by atoms with van der Waals surface area (Å²) in [4.78, 5) is 3.25. The Morgan fingerprint density at radius 1 is 1.43 bits per heavy atom. The molecule has 0 amide bonds. The van der Waals surface area contributed by atoms with Gasteiger partial charge < -0.3 is 10.1 Å². The first-order valence-electron chi connectivity index (χ1n) is 4.55. The molecular weight excluding hydrogens is 242 g/mol. The maximum atomic E-state index is 9.65. The third-order valence-corrected chi connectivity index (χ3v) is 2.91. The van der Waals surface area contributed by atoms with Gasteiger partial charge in [0.2, 0.25) is 0 Å². The monoisotopic (exact) mass is 253 g/mol. The molecule has 0 aliphatic carbocycles. The highest BCUT2D eigenvalue weighted by Gasteiger charge is 2.12. The number of fused-ring (bicyclic) bond motifs is 1. The summed E-state index contributed by atoms with van der Waals surface area (Å²) in [7, 11) is 0. The van der Waals surface area contributed by atoms with E-state index in [1.807, 2.05) is 25.1 Å². The van der Waals surface area contributed by atoms with Crippen LogP contribution in [0.15, 0.2) is 22.7 Å². The molecule has 0 spiro atoms. The van der Waals surface area contributed by atoms with Crippen LogP contribution in [-0.4, -0.2) is 10.1 Å². The van der Waals surface area contributed by atoms with Crippen LogP contribution in [0.5, 0.6) is 0 Å². The van der Waals surface area contributed by atoms with Gasteiger partial charge in [0, 0.05) is 26.6 Å². The Morgan fingerprint density at radius 2 is 2.14 bits per heavy atom. The molecule has 0 aliphatic rings. The van der Waals surface area contributed by atoms with E-state index in [9.17, 15) is 5.11 Å². The molecule has 2 rings (SSSR count). The molecule has 0 fully saturated rings. The third kappa shape index (κ3) is 1.47. The zero-order valence-corrected chi connectivity index (χ0v) is 9.72. The Kier molecular flexibility index (Phi) is 2.37. The second kappa shape index (κ2) is 3.41. The van der Waals surface area contributed by atoms with Gasteiger partial charge in [-0.25, -0.2) is 0 Å². The molecule has 2 N–H and O–H groups in total. The second-order valence-electron chi connectivity index (χ2n) is 3.53. The zero-order chi connectivity index (χ0) is 10.3. The Balaban J connectivity index is 2.79. The van der Waals surface area contributed by atoms with Crippen LogP contribution >= 0.6 is 15.9 Å². The van der Waals surface area contributed by atoms with Crippen molar-refractivity contribution in [3.63, 3.8) is 0 Å². The number of H-pyrrole nitrogens is 1. The molecule has 1 heterocycles. The van der Waals surface area contributed by atoms with Crippen LogP contribution in [0, 0.1) is 6.92 Å². The number of aromatic nitrogens is 1. The van der Waals surface area contributed by atoms with E-state index in [2.05, 4.69) is 20.9 Å². The summed E-state index contributed by atoms with van der Waals surface area (Å²) in [5, 5.41) is 10.7. The number of benzene rings is 1. The minimum atomic E-state index is -0.432. The van der Waals surface area contributed by atoms with Crippen molar-refractivity contribution in [1.29, 1.82) is 0 Å². The first kappa shape index (κ1) is 9.74. The van der Waals surface area contributed by atoms with E-state index in [1.165, 1.54) is 0 Å². The maximum absolute atomic E-state index is 9.65. The molecule has 1 aromatic carbocycles. The topological polar surface area (TPSA) is 36.0 Å². The zero-order valence-electron chi connectivity index (χ0n) is 8.13. The molecule has 3 heteroatoms. The highest BCUT2D eigenvalue weighted by Crippen LogP contribution is 2.29. The molecule has 1 atom stereocenters. The Bertz CT molecular complexity index is 473. The van der Waals surface area contributed by atoms with Crippen LogP contribution in [0.1, 0.15) is 24.3 Å². The average molecular weight is 254 g/mol. The summed E-state index contributed by atoms with van der Waals surface area (Å²) in [6, 6.07) is 6.03. The molecule has 1 aromatic heterocycles. The molecular formula is C11H12BrNO. The molecule has 0 radical (unpaired) electrons. The number of nitrogens with one attached hydrogen (secondary N) is 1. The predicted octanol–water partition coefficient (Wildman–Crippen LogP) is 3.29. The van der Waals surface area contributed by atoms with Gasteiger partial charge in [0.25, 0.3) is 0 Å². The van der Waals surface area contributed by atoms with Gasteiger partial charge in [-0.15, -0.1) is 0 Å². The van der Waals surface area contributed by atoms with Crippen molar-refractivity contribution in [2.75, 3.05) is 0 Å². The Morgan fingerprint density at radius 3 is 2.79 bits per heavy atom. The van der Waals surface area contributed by atoms with E-state index in [-0.39, 0.29) is 0 Å². The van der Waals surface area contributed by atoms with Gasteiger partial charge in [-0.05, 0) is 32.0 Å². The van der Waals surface area contributed by atoms with Crippen LogP contribution in [-0.2, 0) is 0 Å². The minimum Gasteiger partial charge on any atom is -0.389 e. The minimum absolute atomic E-state index is 0.432. The lowest BCUT2D eigenvalue weighted by Crippen LogP contribution is -1.91. The average Bonchev–Trinajstić information content (AvgIpc) is 2.40. The fraction of sp³-hybridized carbons (Fsp3) is 0.273. The Hall–Kier alpha value is -0.800. The predicted molar refractivity (Wildman–Crippen MR) is 61.4 cm³/mol.